The van der Waals surface area contributed by atoms with Crippen molar-refractivity contribution in [3.05, 3.63) is 0 Å². The van der Waals surface area contributed by atoms with Crippen molar-refractivity contribution in [3.8, 4) is 0 Å². The number of hydrogen-bond acceptors (Lipinski definition) is 2. The highest BCUT2D eigenvalue weighted by molar-refractivity contribution is 5.82. The molecule has 0 spiro atoms. The Hall–Kier alpha value is -0.570. The van der Waals surface area contributed by atoms with E-state index in [1.807, 2.05) is 0 Å². The zero-order valence-corrected chi connectivity index (χ0v) is 12.7. The van der Waals surface area contributed by atoms with E-state index in [9.17, 15) is 4.79 Å². The van der Waals surface area contributed by atoms with Crippen LogP contribution >= 0.6 is 0 Å². The molecule has 3 heteroatoms. The lowest BCUT2D eigenvalue weighted by Crippen LogP contribution is -2.52. The highest BCUT2D eigenvalue weighted by Crippen LogP contribution is 2.24. The van der Waals surface area contributed by atoms with E-state index in [1.54, 1.807) is 0 Å². The van der Waals surface area contributed by atoms with Crippen LogP contribution in [-0.4, -0.2) is 36.5 Å². The molecule has 2 aliphatic heterocycles. The molecule has 1 amide bonds. The first-order chi connectivity index (χ1) is 9.22. The fourth-order valence-corrected chi connectivity index (χ4v) is 3.66. The molecule has 0 bridgehead atoms. The third-order valence-electron chi connectivity index (χ3n) is 4.89. The minimum absolute atomic E-state index is 0.0801. The van der Waals surface area contributed by atoms with Crippen LogP contribution in [0.25, 0.3) is 0 Å². The molecule has 110 valence electrons. The van der Waals surface area contributed by atoms with Crippen molar-refractivity contribution in [1.29, 1.82) is 0 Å². The molecular formula is C16H30N2O. The summed E-state index contributed by atoms with van der Waals surface area (Å²) in [6.45, 7) is 7.44. The van der Waals surface area contributed by atoms with Crippen molar-refractivity contribution in [2.45, 2.75) is 64.8 Å². The second kappa shape index (κ2) is 7.28. The number of carbonyl (C=O) groups excluding carboxylic acids is 1. The largest absolute Gasteiger partial charge is 0.341 e. The van der Waals surface area contributed by atoms with Gasteiger partial charge in [0, 0.05) is 13.1 Å². The Kier molecular flexibility index (Phi) is 5.68. The van der Waals surface area contributed by atoms with Gasteiger partial charge in [-0.15, -0.1) is 0 Å². The minimum atomic E-state index is 0.0801. The normalized spacial score (nSPS) is 32.9. The van der Waals surface area contributed by atoms with Gasteiger partial charge in [-0.2, -0.15) is 0 Å². The molecule has 0 aliphatic carbocycles. The maximum atomic E-state index is 12.6. The van der Waals surface area contributed by atoms with Crippen LogP contribution in [0.4, 0.5) is 0 Å². The average Bonchev–Trinajstić information content (AvgIpc) is 2.65. The molecule has 0 aromatic carbocycles. The maximum Gasteiger partial charge on any atom is 0.239 e. The van der Waals surface area contributed by atoms with Gasteiger partial charge in [0.15, 0.2) is 0 Å². The summed E-state index contributed by atoms with van der Waals surface area (Å²) < 4.78 is 0. The molecule has 2 rings (SSSR count). The van der Waals surface area contributed by atoms with Crippen LogP contribution in [0.3, 0.4) is 0 Å². The first-order valence-corrected chi connectivity index (χ1v) is 8.24. The lowest BCUT2D eigenvalue weighted by molar-refractivity contribution is -0.135. The predicted octanol–water partition coefficient (Wildman–Crippen LogP) is 2.80. The van der Waals surface area contributed by atoms with Crippen LogP contribution < -0.4 is 5.32 Å². The summed E-state index contributed by atoms with van der Waals surface area (Å²) in [5.41, 5.74) is 0. The second-order valence-electron chi connectivity index (χ2n) is 6.46. The number of carbonyl (C=O) groups is 1. The monoisotopic (exact) mass is 266 g/mol. The van der Waals surface area contributed by atoms with Crippen molar-refractivity contribution in [3.63, 3.8) is 0 Å². The van der Waals surface area contributed by atoms with Crippen LogP contribution in [0.2, 0.25) is 0 Å². The summed E-state index contributed by atoms with van der Waals surface area (Å²) in [5.74, 6) is 1.71. The smallest absolute Gasteiger partial charge is 0.239 e. The van der Waals surface area contributed by atoms with Crippen LogP contribution in [0.15, 0.2) is 0 Å². The summed E-state index contributed by atoms with van der Waals surface area (Å²) >= 11 is 0. The SMILES string of the molecule is CCCC1CCCN(C(=O)C2NCCCC2C)CC1. The summed E-state index contributed by atoms with van der Waals surface area (Å²) in [6.07, 6.45) is 8.72. The van der Waals surface area contributed by atoms with Gasteiger partial charge >= 0.3 is 0 Å². The van der Waals surface area contributed by atoms with E-state index in [0.29, 0.717) is 11.8 Å². The summed E-state index contributed by atoms with van der Waals surface area (Å²) in [4.78, 5) is 14.8. The Morgan fingerprint density at radius 3 is 2.79 bits per heavy atom. The van der Waals surface area contributed by atoms with Gasteiger partial charge in [-0.25, -0.2) is 0 Å². The highest BCUT2D eigenvalue weighted by atomic mass is 16.2. The first-order valence-electron chi connectivity index (χ1n) is 8.24. The van der Waals surface area contributed by atoms with Crippen molar-refractivity contribution < 1.29 is 4.79 Å². The Labute approximate surface area is 118 Å². The fraction of sp³-hybridized carbons (Fsp3) is 0.938. The van der Waals surface area contributed by atoms with Crippen LogP contribution in [0.5, 0.6) is 0 Å². The molecule has 0 aromatic rings. The Morgan fingerprint density at radius 2 is 2.05 bits per heavy atom. The molecule has 3 nitrogen and oxygen atoms in total. The van der Waals surface area contributed by atoms with E-state index in [0.717, 1.165) is 25.6 Å². The molecule has 19 heavy (non-hydrogen) atoms. The first kappa shape index (κ1) is 14.8. The van der Waals surface area contributed by atoms with Gasteiger partial charge in [-0.1, -0.05) is 26.7 Å². The molecule has 1 N–H and O–H groups in total. The van der Waals surface area contributed by atoms with E-state index in [1.165, 1.54) is 44.9 Å². The summed E-state index contributed by atoms with van der Waals surface area (Å²) in [7, 11) is 0. The summed E-state index contributed by atoms with van der Waals surface area (Å²) in [5, 5.41) is 3.43. The van der Waals surface area contributed by atoms with Crippen LogP contribution in [0, 0.1) is 11.8 Å². The molecule has 2 fully saturated rings. The third kappa shape index (κ3) is 3.95. The van der Waals surface area contributed by atoms with Gasteiger partial charge in [0.05, 0.1) is 6.04 Å². The Bertz CT molecular complexity index is 292. The Balaban J connectivity index is 1.88. The van der Waals surface area contributed by atoms with Gasteiger partial charge in [-0.3, -0.25) is 4.79 Å². The zero-order chi connectivity index (χ0) is 13.7. The number of rotatable bonds is 3. The summed E-state index contributed by atoms with van der Waals surface area (Å²) in [6, 6.07) is 0.0801. The van der Waals surface area contributed by atoms with Crippen LogP contribution in [0.1, 0.15) is 58.8 Å². The minimum Gasteiger partial charge on any atom is -0.341 e. The van der Waals surface area contributed by atoms with Gasteiger partial charge in [0.1, 0.15) is 0 Å². The van der Waals surface area contributed by atoms with Crippen LogP contribution in [-0.2, 0) is 4.79 Å². The lowest BCUT2D eigenvalue weighted by Gasteiger charge is -2.33. The molecule has 2 saturated heterocycles. The average molecular weight is 266 g/mol. The van der Waals surface area contributed by atoms with Crippen molar-refractivity contribution in [1.82, 2.24) is 10.2 Å². The van der Waals surface area contributed by atoms with Gasteiger partial charge < -0.3 is 10.2 Å². The number of amides is 1. The standard InChI is InChI=1S/C16H30N2O/c1-3-6-14-8-5-11-18(12-9-14)16(19)15-13(2)7-4-10-17-15/h13-15,17H,3-12H2,1-2H3. The van der Waals surface area contributed by atoms with Gasteiger partial charge in [0.2, 0.25) is 5.91 Å². The zero-order valence-electron chi connectivity index (χ0n) is 12.7. The molecule has 2 aliphatic rings. The van der Waals surface area contributed by atoms with Gasteiger partial charge in [-0.05, 0) is 50.5 Å². The van der Waals surface area contributed by atoms with E-state index in [-0.39, 0.29) is 6.04 Å². The molecule has 0 radical (unpaired) electrons. The van der Waals surface area contributed by atoms with E-state index in [4.69, 9.17) is 0 Å². The quantitative estimate of drug-likeness (QED) is 0.852. The number of hydrogen-bond donors (Lipinski definition) is 1. The Morgan fingerprint density at radius 1 is 1.21 bits per heavy atom. The molecule has 0 aromatic heterocycles. The second-order valence-corrected chi connectivity index (χ2v) is 6.46. The number of piperidine rings is 1. The lowest BCUT2D eigenvalue weighted by atomic mass is 9.91. The van der Waals surface area contributed by atoms with Crippen molar-refractivity contribution >= 4 is 5.91 Å². The topological polar surface area (TPSA) is 32.3 Å². The van der Waals surface area contributed by atoms with Gasteiger partial charge in [0.25, 0.3) is 0 Å². The van der Waals surface area contributed by atoms with Crippen molar-refractivity contribution in [2.75, 3.05) is 19.6 Å². The highest BCUT2D eigenvalue weighted by Gasteiger charge is 2.31. The third-order valence-corrected chi connectivity index (χ3v) is 4.89. The predicted molar refractivity (Wildman–Crippen MR) is 79.0 cm³/mol. The number of likely N-dealkylation sites (tertiary alicyclic amines) is 1. The number of nitrogens with one attached hydrogen (secondary N) is 1. The molecule has 3 unspecified atom stereocenters. The fourth-order valence-electron chi connectivity index (χ4n) is 3.66. The maximum absolute atomic E-state index is 12.6. The molecular weight excluding hydrogens is 236 g/mol. The number of nitrogens with zero attached hydrogens (tertiary/aromatic N) is 1. The van der Waals surface area contributed by atoms with E-state index < -0.39 is 0 Å². The van der Waals surface area contributed by atoms with E-state index in [2.05, 4.69) is 24.1 Å². The van der Waals surface area contributed by atoms with E-state index >= 15 is 0 Å². The van der Waals surface area contributed by atoms with Crippen molar-refractivity contribution in [2.24, 2.45) is 11.8 Å². The molecule has 2 heterocycles. The molecule has 3 atom stereocenters. The molecule has 0 saturated carbocycles.